The molecule has 0 spiro atoms. The standard InChI is InChI=1S/C15H18FN3O2/c1-9-12(10-8-17-7-6-11(10)16)13(18-19(9)5)14(20)21-15(2,3)4/h6-8H,1-5H3. The normalized spacial score (nSPS) is 11.5. The fraction of sp³-hybridized carbons (Fsp3) is 0.400. The number of ether oxygens (including phenoxy) is 1. The maximum atomic E-state index is 14.0. The van der Waals surface area contributed by atoms with E-state index in [1.165, 1.54) is 23.1 Å². The highest BCUT2D eigenvalue weighted by Crippen LogP contribution is 2.29. The molecule has 0 saturated heterocycles. The third-order valence-electron chi connectivity index (χ3n) is 2.96. The molecule has 2 aromatic rings. The summed E-state index contributed by atoms with van der Waals surface area (Å²) < 4.78 is 20.9. The number of pyridine rings is 1. The summed E-state index contributed by atoms with van der Waals surface area (Å²) in [6, 6.07) is 1.25. The van der Waals surface area contributed by atoms with E-state index >= 15 is 0 Å². The van der Waals surface area contributed by atoms with E-state index in [1.807, 2.05) is 0 Å². The molecule has 2 aromatic heterocycles. The Morgan fingerprint density at radius 2 is 2.05 bits per heavy atom. The average Bonchev–Trinajstić information content (AvgIpc) is 2.65. The summed E-state index contributed by atoms with van der Waals surface area (Å²) in [5.74, 6) is -1.03. The van der Waals surface area contributed by atoms with Crippen molar-refractivity contribution in [2.45, 2.75) is 33.3 Å². The molecule has 0 aromatic carbocycles. The van der Waals surface area contributed by atoms with E-state index in [0.29, 0.717) is 11.3 Å². The van der Waals surface area contributed by atoms with Crippen LogP contribution in [-0.2, 0) is 11.8 Å². The molecule has 2 rings (SSSR count). The zero-order valence-electron chi connectivity index (χ0n) is 12.8. The molecule has 0 aliphatic heterocycles. The first-order valence-corrected chi connectivity index (χ1v) is 6.57. The van der Waals surface area contributed by atoms with Crippen molar-refractivity contribution in [2.75, 3.05) is 0 Å². The second-order valence-electron chi connectivity index (χ2n) is 5.79. The number of hydrogen-bond acceptors (Lipinski definition) is 4. The lowest BCUT2D eigenvalue weighted by molar-refractivity contribution is 0.00629. The number of nitrogens with zero attached hydrogens (tertiary/aromatic N) is 3. The van der Waals surface area contributed by atoms with Gasteiger partial charge in [0.2, 0.25) is 0 Å². The maximum absolute atomic E-state index is 14.0. The van der Waals surface area contributed by atoms with Gasteiger partial charge in [-0.15, -0.1) is 0 Å². The SMILES string of the molecule is Cc1c(-c2cnccc2F)c(C(=O)OC(C)(C)C)nn1C. The van der Waals surface area contributed by atoms with Gasteiger partial charge in [-0.25, -0.2) is 9.18 Å². The van der Waals surface area contributed by atoms with Crippen LogP contribution in [0.4, 0.5) is 4.39 Å². The van der Waals surface area contributed by atoms with Crippen LogP contribution in [-0.4, -0.2) is 26.3 Å². The van der Waals surface area contributed by atoms with Crippen LogP contribution in [0.3, 0.4) is 0 Å². The predicted molar refractivity (Wildman–Crippen MR) is 76.3 cm³/mol. The Kier molecular flexibility index (Phi) is 3.80. The highest BCUT2D eigenvalue weighted by Gasteiger charge is 2.27. The van der Waals surface area contributed by atoms with Crippen LogP contribution in [0.1, 0.15) is 37.0 Å². The first-order valence-electron chi connectivity index (χ1n) is 6.57. The molecule has 0 aliphatic rings. The van der Waals surface area contributed by atoms with Crippen LogP contribution in [0.5, 0.6) is 0 Å². The van der Waals surface area contributed by atoms with Crippen LogP contribution in [0, 0.1) is 12.7 Å². The van der Waals surface area contributed by atoms with Gasteiger partial charge in [0.25, 0.3) is 0 Å². The molecular weight excluding hydrogens is 273 g/mol. The molecule has 2 heterocycles. The highest BCUT2D eigenvalue weighted by molar-refractivity contribution is 5.96. The zero-order valence-corrected chi connectivity index (χ0v) is 12.8. The summed E-state index contributed by atoms with van der Waals surface area (Å²) in [5, 5.41) is 4.16. The maximum Gasteiger partial charge on any atom is 0.360 e. The average molecular weight is 291 g/mol. The largest absolute Gasteiger partial charge is 0.455 e. The van der Waals surface area contributed by atoms with E-state index in [-0.39, 0.29) is 11.3 Å². The summed E-state index contributed by atoms with van der Waals surface area (Å²) in [6.45, 7) is 7.07. The van der Waals surface area contributed by atoms with Crippen LogP contribution < -0.4 is 0 Å². The topological polar surface area (TPSA) is 57.0 Å². The number of carbonyl (C=O) groups excluding carboxylic acids is 1. The smallest absolute Gasteiger partial charge is 0.360 e. The lowest BCUT2D eigenvalue weighted by atomic mass is 10.0. The van der Waals surface area contributed by atoms with Crippen molar-refractivity contribution < 1.29 is 13.9 Å². The molecule has 112 valence electrons. The summed E-state index contributed by atoms with van der Waals surface area (Å²) in [5.41, 5.74) is 0.772. The number of carbonyl (C=O) groups is 1. The van der Waals surface area contributed by atoms with Crippen molar-refractivity contribution in [1.29, 1.82) is 0 Å². The predicted octanol–water partition coefficient (Wildman–Crippen LogP) is 2.88. The fourth-order valence-corrected chi connectivity index (χ4v) is 1.96. The van der Waals surface area contributed by atoms with E-state index < -0.39 is 17.4 Å². The minimum Gasteiger partial charge on any atom is -0.455 e. The Balaban J connectivity index is 2.57. The third-order valence-corrected chi connectivity index (χ3v) is 2.96. The van der Waals surface area contributed by atoms with E-state index in [0.717, 1.165) is 0 Å². The first-order chi connectivity index (χ1) is 9.70. The number of aromatic nitrogens is 3. The van der Waals surface area contributed by atoms with Crippen molar-refractivity contribution in [3.05, 3.63) is 35.7 Å². The summed E-state index contributed by atoms with van der Waals surface area (Å²) >= 11 is 0. The van der Waals surface area contributed by atoms with Crippen LogP contribution >= 0.6 is 0 Å². The Hall–Kier alpha value is -2.24. The Morgan fingerprint density at radius 1 is 1.38 bits per heavy atom. The molecule has 0 saturated carbocycles. The van der Waals surface area contributed by atoms with Gasteiger partial charge >= 0.3 is 5.97 Å². The van der Waals surface area contributed by atoms with Crippen molar-refractivity contribution >= 4 is 5.97 Å². The number of hydrogen-bond donors (Lipinski definition) is 0. The van der Waals surface area contributed by atoms with Gasteiger partial charge in [-0.3, -0.25) is 9.67 Å². The second kappa shape index (κ2) is 5.27. The molecule has 0 atom stereocenters. The molecule has 0 radical (unpaired) electrons. The van der Waals surface area contributed by atoms with Gasteiger partial charge in [0.1, 0.15) is 11.4 Å². The van der Waals surface area contributed by atoms with Gasteiger partial charge in [-0.05, 0) is 33.8 Å². The first kappa shape index (κ1) is 15.2. The minimum absolute atomic E-state index is 0.0943. The summed E-state index contributed by atoms with van der Waals surface area (Å²) in [4.78, 5) is 16.2. The third kappa shape index (κ3) is 3.09. The molecule has 6 heteroatoms. The quantitative estimate of drug-likeness (QED) is 0.798. The molecule has 0 N–H and O–H groups in total. The van der Waals surface area contributed by atoms with E-state index in [4.69, 9.17) is 4.74 Å². The van der Waals surface area contributed by atoms with Crippen molar-refractivity contribution in [3.63, 3.8) is 0 Å². The zero-order chi connectivity index (χ0) is 15.8. The Labute approximate surface area is 122 Å². The highest BCUT2D eigenvalue weighted by atomic mass is 19.1. The van der Waals surface area contributed by atoms with Gasteiger partial charge in [0.15, 0.2) is 5.69 Å². The Bertz CT molecular complexity index is 687. The fourth-order valence-electron chi connectivity index (χ4n) is 1.96. The van der Waals surface area contributed by atoms with Gasteiger partial charge in [-0.2, -0.15) is 5.10 Å². The molecule has 0 bridgehead atoms. The van der Waals surface area contributed by atoms with Crippen LogP contribution in [0.15, 0.2) is 18.5 Å². The molecule has 5 nitrogen and oxygen atoms in total. The van der Waals surface area contributed by atoms with Crippen LogP contribution in [0.2, 0.25) is 0 Å². The van der Waals surface area contributed by atoms with Crippen molar-refractivity contribution in [2.24, 2.45) is 7.05 Å². The van der Waals surface area contributed by atoms with Crippen LogP contribution in [0.25, 0.3) is 11.1 Å². The summed E-state index contributed by atoms with van der Waals surface area (Å²) in [7, 11) is 1.70. The molecular formula is C15H18FN3O2. The molecule has 0 fully saturated rings. The van der Waals surface area contributed by atoms with E-state index in [1.54, 1.807) is 34.7 Å². The van der Waals surface area contributed by atoms with Crippen molar-refractivity contribution in [1.82, 2.24) is 14.8 Å². The minimum atomic E-state index is -0.646. The van der Waals surface area contributed by atoms with Gasteiger partial charge in [0, 0.05) is 36.3 Å². The van der Waals surface area contributed by atoms with Gasteiger partial charge < -0.3 is 4.74 Å². The second-order valence-corrected chi connectivity index (χ2v) is 5.79. The van der Waals surface area contributed by atoms with E-state index in [9.17, 15) is 9.18 Å². The number of halogens is 1. The molecule has 0 unspecified atom stereocenters. The number of rotatable bonds is 2. The van der Waals surface area contributed by atoms with Gasteiger partial charge in [0.05, 0.1) is 0 Å². The Morgan fingerprint density at radius 3 is 2.62 bits per heavy atom. The van der Waals surface area contributed by atoms with E-state index in [2.05, 4.69) is 10.1 Å². The van der Waals surface area contributed by atoms with Gasteiger partial charge in [-0.1, -0.05) is 0 Å². The number of esters is 1. The monoisotopic (exact) mass is 291 g/mol. The molecule has 0 aliphatic carbocycles. The number of aryl methyl sites for hydroxylation is 1. The summed E-state index contributed by atoms with van der Waals surface area (Å²) in [6.07, 6.45) is 2.74. The van der Waals surface area contributed by atoms with Crippen molar-refractivity contribution in [3.8, 4) is 11.1 Å². The molecule has 0 amide bonds. The lowest BCUT2D eigenvalue weighted by Crippen LogP contribution is -2.24. The lowest BCUT2D eigenvalue weighted by Gasteiger charge is -2.19. The molecule has 21 heavy (non-hydrogen) atoms.